The van der Waals surface area contributed by atoms with E-state index >= 15 is 0 Å². The lowest BCUT2D eigenvalue weighted by atomic mass is 10.0. The minimum atomic E-state index is -0.249. The van der Waals surface area contributed by atoms with Gasteiger partial charge in [0.15, 0.2) is 5.76 Å². The summed E-state index contributed by atoms with van der Waals surface area (Å²) >= 11 is 1.51. The van der Waals surface area contributed by atoms with Crippen LogP contribution in [0.3, 0.4) is 0 Å². The summed E-state index contributed by atoms with van der Waals surface area (Å²) in [5.41, 5.74) is 1.81. The first-order valence-electron chi connectivity index (χ1n) is 7.84. The highest BCUT2D eigenvalue weighted by molar-refractivity contribution is 7.11. The predicted octanol–water partition coefficient (Wildman–Crippen LogP) is 3.23. The Morgan fingerprint density at radius 2 is 2.00 bits per heavy atom. The van der Waals surface area contributed by atoms with Gasteiger partial charge in [0, 0.05) is 17.5 Å². The second-order valence-electron chi connectivity index (χ2n) is 5.81. The molecular weight excluding hydrogens is 350 g/mol. The summed E-state index contributed by atoms with van der Waals surface area (Å²) in [4.78, 5) is 15.1. The molecule has 0 spiro atoms. The Bertz CT molecular complexity index is 963. The summed E-state index contributed by atoms with van der Waals surface area (Å²) in [6, 6.07) is 8.90. The molecule has 1 aromatic heterocycles. The molecule has 3 rings (SSSR count). The lowest BCUT2D eigenvalue weighted by Crippen LogP contribution is -2.24. The van der Waals surface area contributed by atoms with Crippen molar-refractivity contribution in [1.82, 2.24) is 4.90 Å². The number of carbonyl (C=O) groups excluding carboxylic acids is 1. The van der Waals surface area contributed by atoms with Gasteiger partial charge in [-0.05, 0) is 36.1 Å². The second kappa shape index (κ2) is 7.40. The Kier molecular flexibility index (Phi) is 5.04. The Morgan fingerprint density at radius 3 is 2.62 bits per heavy atom. The van der Waals surface area contributed by atoms with Crippen molar-refractivity contribution >= 4 is 23.2 Å². The van der Waals surface area contributed by atoms with Gasteiger partial charge in [0.1, 0.15) is 11.5 Å². The van der Waals surface area contributed by atoms with Crippen LogP contribution >= 0.6 is 11.3 Å². The van der Waals surface area contributed by atoms with E-state index in [9.17, 15) is 9.90 Å². The first kappa shape index (κ1) is 17.7. The van der Waals surface area contributed by atoms with Gasteiger partial charge in [0.05, 0.1) is 36.4 Å². The first-order valence-corrected chi connectivity index (χ1v) is 8.72. The molecule has 0 fully saturated rings. The van der Waals surface area contributed by atoms with Gasteiger partial charge in [-0.25, -0.2) is 0 Å². The highest BCUT2D eigenvalue weighted by Gasteiger charge is 2.31. The number of Topliss-reactive ketones (excluding diaryl/α,β-unsaturated/α-hetero) is 1. The quantitative estimate of drug-likeness (QED) is 0.645. The number of carbonyl (C=O) groups is 1. The van der Waals surface area contributed by atoms with Crippen molar-refractivity contribution < 1.29 is 14.6 Å². The summed E-state index contributed by atoms with van der Waals surface area (Å²) < 4.78 is 5.78. The maximum absolute atomic E-state index is 12.6. The van der Waals surface area contributed by atoms with Crippen LogP contribution in [-0.4, -0.2) is 28.9 Å². The Morgan fingerprint density at radius 1 is 1.27 bits per heavy atom. The van der Waals surface area contributed by atoms with Crippen molar-refractivity contribution in [3.63, 3.8) is 0 Å². The zero-order valence-electron chi connectivity index (χ0n) is 14.0. The number of benzene rings is 1. The molecular formula is C19H15N3O3S. The number of aryl methyl sites for hydroxylation is 1. The number of phenolic OH excluding ortho intramolecular Hbond substituents is 1. The van der Waals surface area contributed by atoms with Crippen molar-refractivity contribution in [2.24, 2.45) is 0 Å². The molecule has 7 heteroatoms. The Balaban J connectivity index is 1.97. The van der Waals surface area contributed by atoms with Crippen LogP contribution in [0, 0.1) is 29.6 Å². The molecule has 0 bridgehead atoms. The normalized spacial score (nSPS) is 14.2. The molecule has 130 valence electrons. The number of ketones is 1. The Hall–Kier alpha value is -3.13. The first-order chi connectivity index (χ1) is 12.5. The molecule has 2 heterocycles. The lowest BCUT2D eigenvalue weighted by molar-refractivity contribution is 0.101. The number of phenols is 1. The van der Waals surface area contributed by atoms with Crippen LogP contribution in [0.2, 0.25) is 0 Å². The summed E-state index contributed by atoms with van der Waals surface area (Å²) in [6.45, 7) is 2.15. The molecule has 0 radical (unpaired) electrons. The molecule has 0 saturated heterocycles. The molecule has 0 unspecified atom stereocenters. The van der Waals surface area contributed by atoms with Gasteiger partial charge < -0.3 is 9.84 Å². The van der Waals surface area contributed by atoms with Gasteiger partial charge in [-0.3, -0.25) is 9.69 Å². The molecule has 0 saturated carbocycles. The maximum atomic E-state index is 12.6. The third-order valence-electron chi connectivity index (χ3n) is 4.05. The number of nitrogens with zero attached hydrogens (tertiary/aromatic N) is 3. The second-order valence-corrected chi connectivity index (χ2v) is 6.76. The highest BCUT2D eigenvalue weighted by Crippen LogP contribution is 2.40. The molecule has 1 aromatic carbocycles. The van der Waals surface area contributed by atoms with Gasteiger partial charge in [0.2, 0.25) is 5.78 Å². The topological polar surface area (TPSA) is 97.3 Å². The molecule has 1 aliphatic heterocycles. The molecule has 0 aliphatic carbocycles. The standard InChI is InChI=1S/C19H15N3O3S/c1-12-4-9-26-17(12)10-16-18(24)13-2-3-15(23)14(19(13)25-16)11-22(7-5-20)8-6-21/h2-4,9-10,23H,7-8,11H2,1H3. The van der Waals surface area contributed by atoms with Gasteiger partial charge in [0.25, 0.3) is 0 Å². The fraction of sp³-hybridized carbons (Fsp3) is 0.211. The highest BCUT2D eigenvalue weighted by atomic mass is 32.1. The number of rotatable bonds is 5. The zero-order valence-corrected chi connectivity index (χ0v) is 14.8. The van der Waals surface area contributed by atoms with E-state index in [0.29, 0.717) is 11.1 Å². The van der Waals surface area contributed by atoms with Crippen molar-refractivity contribution in [3.05, 3.63) is 50.9 Å². The number of hydrogen-bond donors (Lipinski definition) is 1. The molecule has 0 amide bonds. The van der Waals surface area contributed by atoms with Crippen LogP contribution in [0.1, 0.15) is 26.4 Å². The summed E-state index contributed by atoms with van der Waals surface area (Å²) in [6.07, 6.45) is 1.70. The van der Waals surface area contributed by atoms with Gasteiger partial charge >= 0.3 is 0 Å². The molecule has 6 nitrogen and oxygen atoms in total. The van der Waals surface area contributed by atoms with Gasteiger partial charge in [-0.15, -0.1) is 11.3 Å². The van der Waals surface area contributed by atoms with E-state index in [1.807, 2.05) is 30.5 Å². The van der Waals surface area contributed by atoms with E-state index in [4.69, 9.17) is 15.3 Å². The number of fused-ring (bicyclic) bond motifs is 1. The van der Waals surface area contributed by atoms with E-state index in [1.165, 1.54) is 23.5 Å². The number of nitriles is 2. The van der Waals surface area contributed by atoms with Gasteiger partial charge in [-0.2, -0.15) is 10.5 Å². The minimum absolute atomic E-state index is 0.0295. The molecule has 1 N–H and O–H groups in total. The number of hydrogen-bond acceptors (Lipinski definition) is 7. The number of thiophene rings is 1. The Labute approximate surface area is 154 Å². The zero-order chi connectivity index (χ0) is 18.7. The van der Waals surface area contributed by atoms with Crippen LogP contribution in [0.5, 0.6) is 11.5 Å². The van der Waals surface area contributed by atoms with E-state index in [2.05, 4.69) is 0 Å². The third-order valence-corrected chi connectivity index (χ3v) is 5.02. The fourth-order valence-corrected chi connectivity index (χ4v) is 3.54. The average Bonchev–Trinajstić information content (AvgIpc) is 3.15. The summed E-state index contributed by atoms with van der Waals surface area (Å²) in [5.74, 6) is 0.202. The maximum Gasteiger partial charge on any atom is 0.232 e. The summed E-state index contributed by atoms with van der Waals surface area (Å²) in [7, 11) is 0. The number of allylic oxidation sites excluding steroid dienone is 1. The van der Waals surface area contributed by atoms with Crippen molar-refractivity contribution in [2.45, 2.75) is 13.5 Å². The monoisotopic (exact) mass is 365 g/mol. The average molecular weight is 365 g/mol. The number of aromatic hydroxyl groups is 1. The summed E-state index contributed by atoms with van der Waals surface area (Å²) in [5, 5.41) is 30.0. The molecule has 1 aliphatic rings. The van der Waals surface area contributed by atoms with E-state index in [1.54, 1.807) is 11.0 Å². The molecule has 2 aromatic rings. The van der Waals surface area contributed by atoms with Crippen molar-refractivity contribution in [2.75, 3.05) is 13.1 Å². The largest absolute Gasteiger partial charge is 0.507 e. The van der Waals surface area contributed by atoms with Crippen molar-refractivity contribution in [1.29, 1.82) is 10.5 Å². The van der Waals surface area contributed by atoms with Crippen molar-refractivity contribution in [3.8, 4) is 23.6 Å². The lowest BCUT2D eigenvalue weighted by Gasteiger charge is -2.17. The smallest absolute Gasteiger partial charge is 0.232 e. The van der Waals surface area contributed by atoms with Crippen LogP contribution in [0.25, 0.3) is 6.08 Å². The minimum Gasteiger partial charge on any atom is -0.507 e. The van der Waals surface area contributed by atoms with Crippen LogP contribution < -0.4 is 4.74 Å². The van der Waals surface area contributed by atoms with E-state index in [0.717, 1.165) is 10.4 Å². The fourth-order valence-electron chi connectivity index (χ4n) is 2.69. The molecule has 26 heavy (non-hydrogen) atoms. The SMILES string of the molecule is Cc1ccsc1C=C1Oc2c(ccc(O)c2CN(CC#N)CC#N)C1=O. The van der Waals surface area contributed by atoms with E-state index in [-0.39, 0.29) is 42.7 Å². The molecule has 0 atom stereocenters. The van der Waals surface area contributed by atoms with Crippen LogP contribution in [-0.2, 0) is 6.54 Å². The third kappa shape index (κ3) is 3.31. The van der Waals surface area contributed by atoms with Crippen LogP contribution in [0.15, 0.2) is 29.3 Å². The number of ether oxygens (including phenoxy) is 1. The van der Waals surface area contributed by atoms with Crippen LogP contribution in [0.4, 0.5) is 0 Å². The predicted molar refractivity (Wildman–Crippen MR) is 96.6 cm³/mol. The van der Waals surface area contributed by atoms with E-state index < -0.39 is 0 Å². The van der Waals surface area contributed by atoms with Gasteiger partial charge in [-0.1, -0.05) is 0 Å².